The van der Waals surface area contributed by atoms with Gasteiger partial charge in [0.25, 0.3) is 0 Å². The minimum Gasteiger partial charge on any atom is -0.352 e. The number of hydrogen-bond donors (Lipinski definition) is 1. The molecule has 0 saturated carbocycles. The van der Waals surface area contributed by atoms with Gasteiger partial charge in [-0.05, 0) is 36.2 Å². The van der Waals surface area contributed by atoms with Crippen molar-refractivity contribution < 1.29 is 4.79 Å². The molecule has 7 heteroatoms. The van der Waals surface area contributed by atoms with Crippen LogP contribution in [0.1, 0.15) is 24.8 Å². The van der Waals surface area contributed by atoms with Gasteiger partial charge in [0.2, 0.25) is 5.91 Å². The zero-order chi connectivity index (χ0) is 20.8. The highest BCUT2D eigenvalue weighted by molar-refractivity contribution is 5.84. The van der Waals surface area contributed by atoms with E-state index >= 15 is 0 Å². The first-order chi connectivity index (χ1) is 14.7. The lowest BCUT2D eigenvalue weighted by Gasteiger charge is -2.36. The number of aromatic nitrogens is 3. The molecule has 1 N–H and O–H groups in total. The van der Waals surface area contributed by atoms with Crippen LogP contribution in [0.4, 0.5) is 17.3 Å². The van der Waals surface area contributed by atoms with E-state index in [9.17, 15) is 4.79 Å². The topological polar surface area (TPSA) is 74.2 Å². The normalized spacial score (nSPS) is 15.0. The second-order valence-corrected chi connectivity index (χ2v) is 7.33. The smallest absolute Gasteiger partial charge is 0.230 e. The van der Waals surface area contributed by atoms with Crippen LogP contribution in [-0.4, -0.2) is 52.2 Å². The molecule has 7 nitrogen and oxygen atoms in total. The Kier molecular flexibility index (Phi) is 6.17. The summed E-state index contributed by atoms with van der Waals surface area (Å²) < 4.78 is 0. The number of benzene rings is 1. The maximum Gasteiger partial charge on any atom is 0.230 e. The molecule has 2 aromatic heterocycles. The first-order valence-corrected chi connectivity index (χ1v) is 10.3. The van der Waals surface area contributed by atoms with Crippen LogP contribution in [-0.2, 0) is 4.79 Å². The average Bonchev–Trinajstić information content (AvgIpc) is 2.81. The second kappa shape index (κ2) is 9.35. The van der Waals surface area contributed by atoms with Gasteiger partial charge in [0.1, 0.15) is 0 Å². The Balaban J connectivity index is 1.34. The van der Waals surface area contributed by atoms with E-state index in [2.05, 4.69) is 32.3 Å². The minimum absolute atomic E-state index is 0.0737. The Morgan fingerprint density at radius 3 is 2.43 bits per heavy atom. The molecule has 1 unspecified atom stereocenters. The van der Waals surface area contributed by atoms with Crippen LogP contribution in [0.5, 0.6) is 0 Å². The zero-order valence-corrected chi connectivity index (χ0v) is 17.1. The third-order valence-electron chi connectivity index (χ3n) is 5.41. The highest BCUT2D eigenvalue weighted by Gasteiger charge is 2.27. The number of piperazine rings is 1. The summed E-state index contributed by atoms with van der Waals surface area (Å²) in [4.78, 5) is 21.3. The van der Waals surface area contributed by atoms with Crippen LogP contribution in [0.15, 0.2) is 67.0 Å². The van der Waals surface area contributed by atoms with E-state index in [1.807, 2.05) is 59.5 Å². The predicted octanol–water partition coefficient (Wildman–Crippen LogP) is 3.46. The number of rotatable bonds is 6. The number of carbonyl (C=O) groups excluding carboxylic acids is 1. The van der Waals surface area contributed by atoms with Gasteiger partial charge in [-0.3, -0.25) is 9.78 Å². The highest BCUT2D eigenvalue weighted by atomic mass is 16.2. The van der Waals surface area contributed by atoms with E-state index in [0.717, 1.165) is 36.6 Å². The van der Waals surface area contributed by atoms with Gasteiger partial charge in [0, 0.05) is 32.4 Å². The first-order valence-electron chi connectivity index (χ1n) is 10.3. The number of nitrogens with one attached hydrogen (secondary N) is 1. The lowest BCUT2D eigenvalue weighted by atomic mass is 9.95. The molecule has 0 radical (unpaired) electrons. The van der Waals surface area contributed by atoms with Gasteiger partial charge >= 0.3 is 0 Å². The van der Waals surface area contributed by atoms with Crippen molar-refractivity contribution in [3.8, 4) is 0 Å². The summed E-state index contributed by atoms with van der Waals surface area (Å²) in [5.41, 5.74) is 1.96. The zero-order valence-electron chi connectivity index (χ0n) is 17.1. The highest BCUT2D eigenvalue weighted by Crippen LogP contribution is 2.23. The first kappa shape index (κ1) is 19.8. The van der Waals surface area contributed by atoms with Gasteiger partial charge in [-0.2, -0.15) is 0 Å². The second-order valence-electron chi connectivity index (χ2n) is 7.33. The Morgan fingerprint density at radius 1 is 1.00 bits per heavy atom. The predicted molar refractivity (Wildman–Crippen MR) is 118 cm³/mol. The fourth-order valence-electron chi connectivity index (χ4n) is 3.76. The van der Waals surface area contributed by atoms with Crippen LogP contribution in [0.25, 0.3) is 0 Å². The summed E-state index contributed by atoms with van der Waals surface area (Å²) in [6.45, 7) is 4.96. The van der Waals surface area contributed by atoms with E-state index in [1.165, 1.54) is 0 Å². The van der Waals surface area contributed by atoms with Crippen molar-refractivity contribution in [3.05, 3.63) is 72.6 Å². The van der Waals surface area contributed by atoms with Crippen LogP contribution >= 0.6 is 0 Å². The SMILES string of the molecule is CCC(C(=O)N1CCN(c2ccc(Nc3cccnc3)nn2)CC1)c1ccccc1. The largest absolute Gasteiger partial charge is 0.352 e. The molecule has 0 bridgehead atoms. The van der Waals surface area contributed by atoms with Gasteiger partial charge < -0.3 is 15.1 Å². The molecule has 3 aromatic rings. The summed E-state index contributed by atoms with van der Waals surface area (Å²) in [6.07, 6.45) is 4.28. The van der Waals surface area contributed by atoms with E-state index < -0.39 is 0 Å². The van der Waals surface area contributed by atoms with Crippen molar-refractivity contribution in [2.24, 2.45) is 0 Å². The van der Waals surface area contributed by atoms with Crippen molar-refractivity contribution >= 4 is 23.2 Å². The van der Waals surface area contributed by atoms with Crippen molar-refractivity contribution in [3.63, 3.8) is 0 Å². The van der Waals surface area contributed by atoms with E-state index in [0.29, 0.717) is 18.9 Å². The molecule has 0 aliphatic carbocycles. The maximum atomic E-state index is 13.1. The molecule has 1 fully saturated rings. The van der Waals surface area contributed by atoms with Crippen LogP contribution in [0.3, 0.4) is 0 Å². The van der Waals surface area contributed by atoms with Crippen molar-refractivity contribution in [2.45, 2.75) is 19.3 Å². The number of anilines is 3. The van der Waals surface area contributed by atoms with Crippen molar-refractivity contribution in [1.29, 1.82) is 0 Å². The summed E-state index contributed by atoms with van der Waals surface area (Å²) in [7, 11) is 0. The average molecular weight is 403 g/mol. The standard InChI is InChI=1S/C23H26N6O/c1-2-20(18-7-4-3-5-8-18)23(30)29-15-13-28(14-16-29)22-11-10-21(26-27-22)25-19-9-6-12-24-17-19/h3-12,17,20H,2,13-16H2,1H3,(H,25,26). The van der Waals surface area contributed by atoms with Gasteiger partial charge in [-0.15, -0.1) is 10.2 Å². The Morgan fingerprint density at radius 2 is 1.80 bits per heavy atom. The maximum absolute atomic E-state index is 13.1. The van der Waals surface area contributed by atoms with Gasteiger partial charge in [-0.25, -0.2) is 0 Å². The number of carbonyl (C=O) groups is 1. The van der Waals surface area contributed by atoms with E-state index in [-0.39, 0.29) is 11.8 Å². The molecule has 154 valence electrons. The summed E-state index contributed by atoms with van der Waals surface area (Å²) in [6, 6.07) is 17.7. The molecule has 3 heterocycles. The minimum atomic E-state index is -0.0737. The molecule has 30 heavy (non-hydrogen) atoms. The molecule has 4 rings (SSSR count). The number of hydrogen-bond acceptors (Lipinski definition) is 6. The third-order valence-corrected chi connectivity index (χ3v) is 5.41. The van der Waals surface area contributed by atoms with Gasteiger partial charge in [0.15, 0.2) is 11.6 Å². The molecule has 1 aliphatic rings. The monoisotopic (exact) mass is 402 g/mol. The van der Waals surface area contributed by atoms with Gasteiger partial charge in [0.05, 0.1) is 17.8 Å². The number of pyridine rings is 1. The number of amides is 1. The fraction of sp³-hybridized carbons (Fsp3) is 0.304. The molecule has 1 atom stereocenters. The Labute approximate surface area is 176 Å². The van der Waals surface area contributed by atoms with Crippen molar-refractivity contribution in [2.75, 3.05) is 36.4 Å². The van der Waals surface area contributed by atoms with Crippen LogP contribution < -0.4 is 10.2 Å². The summed E-state index contributed by atoms with van der Waals surface area (Å²) in [5.74, 6) is 1.64. The van der Waals surface area contributed by atoms with Crippen LogP contribution in [0, 0.1) is 0 Å². The van der Waals surface area contributed by atoms with E-state index in [1.54, 1.807) is 12.4 Å². The van der Waals surface area contributed by atoms with E-state index in [4.69, 9.17) is 0 Å². The Hall–Kier alpha value is -3.48. The lowest BCUT2D eigenvalue weighted by molar-refractivity contribution is -0.133. The molecule has 1 saturated heterocycles. The molecule has 0 spiro atoms. The molecule has 1 aliphatic heterocycles. The molecule has 1 aromatic carbocycles. The summed E-state index contributed by atoms with van der Waals surface area (Å²) in [5, 5.41) is 11.8. The third kappa shape index (κ3) is 4.56. The Bertz CT molecular complexity index is 940. The summed E-state index contributed by atoms with van der Waals surface area (Å²) >= 11 is 0. The lowest BCUT2D eigenvalue weighted by Crippen LogP contribution is -2.50. The molecular weight excluding hydrogens is 376 g/mol. The van der Waals surface area contributed by atoms with Gasteiger partial charge in [-0.1, -0.05) is 37.3 Å². The molecule has 1 amide bonds. The van der Waals surface area contributed by atoms with Crippen LogP contribution in [0.2, 0.25) is 0 Å². The van der Waals surface area contributed by atoms with Crippen molar-refractivity contribution in [1.82, 2.24) is 20.1 Å². The fourth-order valence-corrected chi connectivity index (χ4v) is 3.76. The quantitative estimate of drug-likeness (QED) is 0.681. The number of nitrogens with zero attached hydrogens (tertiary/aromatic N) is 5. The molecular formula is C23H26N6O.